The van der Waals surface area contributed by atoms with Gasteiger partial charge in [0.1, 0.15) is 5.76 Å². The first kappa shape index (κ1) is 10.3. The minimum atomic E-state index is -0.225. The highest BCUT2D eigenvalue weighted by atomic mass is 16.3. The van der Waals surface area contributed by atoms with Crippen molar-refractivity contribution in [2.24, 2.45) is 0 Å². The van der Waals surface area contributed by atoms with E-state index in [1.54, 1.807) is 6.26 Å². The average Bonchev–Trinajstić information content (AvgIpc) is 2.64. The highest BCUT2D eigenvalue weighted by molar-refractivity contribution is 4.98. The van der Waals surface area contributed by atoms with Gasteiger partial charge in [-0.2, -0.15) is 0 Å². The highest BCUT2D eigenvalue weighted by Crippen LogP contribution is 1.99. The molecule has 0 amide bonds. The van der Waals surface area contributed by atoms with Crippen LogP contribution in [0.2, 0.25) is 0 Å². The summed E-state index contributed by atoms with van der Waals surface area (Å²) in [6.45, 7) is 3.49. The summed E-state index contributed by atoms with van der Waals surface area (Å²) in [5, 5.41) is 12.4. The van der Waals surface area contributed by atoms with Crippen LogP contribution in [0.4, 0.5) is 0 Å². The molecule has 0 spiro atoms. The van der Waals surface area contributed by atoms with Crippen molar-refractivity contribution in [2.45, 2.75) is 25.9 Å². The summed E-state index contributed by atoms with van der Waals surface area (Å²) < 4.78 is 5.16. The second-order valence-electron chi connectivity index (χ2n) is 3.10. The lowest BCUT2D eigenvalue weighted by Crippen LogP contribution is -2.27. The zero-order valence-corrected chi connectivity index (χ0v) is 7.99. The Bertz CT molecular complexity index is 209. The molecule has 3 heteroatoms. The fourth-order valence-corrected chi connectivity index (χ4v) is 1.08. The van der Waals surface area contributed by atoms with Crippen LogP contribution < -0.4 is 5.32 Å². The predicted molar refractivity (Wildman–Crippen MR) is 51.6 cm³/mol. The van der Waals surface area contributed by atoms with E-state index in [1.165, 1.54) is 0 Å². The summed E-state index contributed by atoms with van der Waals surface area (Å²) in [4.78, 5) is 0. The molecule has 0 saturated heterocycles. The second kappa shape index (κ2) is 5.78. The molecule has 0 aliphatic rings. The van der Waals surface area contributed by atoms with Gasteiger partial charge in [0.15, 0.2) is 0 Å². The largest absolute Gasteiger partial charge is 0.469 e. The quantitative estimate of drug-likeness (QED) is 0.651. The monoisotopic (exact) mass is 183 g/mol. The van der Waals surface area contributed by atoms with Crippen molar-refractivity contribution in [3.05, 3.63) is 24.2 Å². The number of aliphatic hydroxyl groups excluding tert-OH is 1. The lowest BCUT2D eigenvalue weighted by atomic mass is 10.2. The first-order valence-electron chi connectivity index (χ1n) is 4.74. The molecular formula is C10H17NO2. The second-order valence-corrected chi connectivity index (χ2v) is 3.10. The van der Waals surface area contributed by atoms with Gasteiger partial charge in [-0.1, -0.05) is 6.92 Å². The van der Waals surface area contributed by atoms with Gasteiger partial charge in [-0.05, 0) is 18.6 Å². The third kappa shape index (κ3) is 4.10. The molecule has 74 valence electrons. The Morgan fingerprint density at radius 1 is 1.62 bits per heavy atom. The van der Waals surface area contributed by atoms with Crippen LogP contribution in [0, 0.1) is 0 Å². The summed E-state index contributed by atoms with van der Waals surface area (Å²) in [6.07, 6.45) is 3.13. The van der Waals surface area contributed by atoms with Crippen LogP contribution in [-0.4, -0.2) is 24.3 Å². The van der Waals surface area contributed by atoms with Gasteiger partial charge in [-0.15, -0.1) is 0 Å². The molecule has 3 nitrogen and oxygen atoms in total. The summed E-state index contributed by atoms with van der Waals surface area (Å²) in [6, 6.07) is 3.84. The van der Waals surface area contributed by atoms with Gasteiger partial charge in [-0.3, -0.25) is 0 Å². The van der Waals surface area contributed by atoms with E-state index < -0.39 is 0 Å². The van der Waals surface area contributed by atoms with E-state index in [2.05, 4.69) is 5.32 Å². The van der Waals surface area contributed by atoms with Crippen LogP contribution in [-0.2, 0) is 6.42 Å². The molecule has 1 aromatic heterocycles. The van der Waals surface area contributed by atoms with Gasteiger partial charge in [0.2, 0.25) is 0 Å². The van der Waals surface area contributed by atoms with Crippen LogP contribution in [0.25, 0.3) is 0 Å². The van der Waals surface area contributed by atoms with Gasteiger partial charge >= 0.3 is 0 Å². The zero-order chi connectivity index (χ0) is 9.52. The number of furan rings is 1. The molecule has 0 aliphatic carbocycles. The van der Waals surface area contributed by atoms with Crippen LogP contribution in [0.3, 0.4) is 0 Å². The number of hydrogen-bond donors (Lipinski definition) is 2. The van der Waals surface area contributed by atoms with E-state index in [1.807, 2.05) is 19.1 Å². The summed E-state index contributed by atoms with van der Waals surface area (Å²) >= 11 is 0. The van der Waals surface area contributed by atoms with Gasteiger partial charge in [0.05, 0.1) is 12.4 Å². The maximum absolute atomic E-state index is 9.23. The summed E-state index contributed by atoms with van der Waals surface area (Å²) in [5.74, 6) is 0.985. The van der Waals surface area contributed by atoms with E-state index in [9.17, 15) is 5.11 Å². The molecule has 0 bridgehead atoms. The third-order valence-electron chi connectivity index (χ3n) is 1.98. The number of aliphatic hydroxyl groups is 1. The lowest BCUT2D eigenvalue weighted by molar-refractivity contribution is 0.167. The molecule has 0 saturated carbocycles. The van der Waals surface area contributed by atoms with Crippen molar-refractivity contribution in [3.8, 4) is 0 Å². The molecule has 1 rings (SSSR count). The van der Waals surface area contributed by atoms with Gasteiger partial charge in [0, 0.05) is 19.5 Å². The fourth-order valence-electron chi connectivity index (χ4n) is 1.08. The van der Waals surface area contributed by atoms with Crippen molar-refractivity contribution in [3.63, 3.8) is 0 Å². The van der Waals surface area contributed by atoms with Gasteiger partial charge in [0.25, 0.3) is 0 Å². The first-order valence-corrected chi connectivity index (χ1v) is 4.74. The van der Waals surface area contributed by atoms with Gasteiger partial charge in [-0.25, -0.2) is 0 Å². The molecule has 1 aromatic rings. The average molecular weight is 183 g/mol. The Morgan fingerprint density at radius 3 is 3.08 bits per heavy atom. The molecule has 1 unspecified atom stereocenters. The van der Waals surface area contributed by atoms with Crippen molar-refractivity contribution in [2.75, 3.05) is 13.1 Å². The normalized spacial score (nSPS) is 13.1. The number of hydrogen-bond acceptors (Lipinski definition) is 3. The maximum Gasteiger partial charge on any atom is 0.105 e. The fraction of sp³-hybridized carbons (Fsp3) is 0.600. The highest BCUT2D eigenvalue weighted by Gasteiger charge is 1.99. The molecule has 13 heavy (non-hydrogen) atoms. The van der Waals surface area contributed by atoms with Crippen molar-refractivity contribution >= 4 is 0 Å². The lowest BCUT2D eigenvalue weighted by Gasteiger charge is -2.07. The van der Waals surface area contributed by atoms with E-state index in [0.29, 0.717) is 6.54 Å². The minimum Gasteiger partial charge on any atom is -0.469 e. The topological polar surface area (TPSA) is 45.4 Å². The molecule has 0 aromatic carbocycles. The summed E-state index contributed by atoms with van der Waals surface area (Å²) in [7, 11) is 0. The van der Waals surface area contributed by atoms with Gasteiger partial charge < -0.3 is 14.8 Å². The molecule has 0 aliphatic heterocycles. The molecule has 1 atom stereocenters. The first-order chi connectivity index (χ1) is 6.33. The zero-order valence-electron chi connectivity index (χ0n) is 7.99. The molecule has 1 heterocycles. The number of rotatable bonds is 6. The SMILES string of the molecule is CCC(O)CNCCc1ccco1. The van der Waals surface area contributed by atoms with Crippen molar-refractivity contribution in [1.82, 2.24) is 5.32 Å². The Labute approximate surface area is 78.8 Å². The molecule has 0 radical (unpaired) electrons. The van der Waals surface area contributed by atoms with E-state index >= 15 is 0 Å². The standard InChI is InChI=1S/C10H17NO2/c1-2-9(12)8-11-6-5-10-4-3-7-13-10/h3-4,7,9,11-12H,2,5-6,8H2,1H3. The smallest absolute Gasteiger partial charge is 0.105 e. The van der Waals surface area contributed by atoms with E-state index in [0.717, 1.165) is 25.1 Å². The van der Waals surface area contributed by atoms with Crippen molar-refractivity contribution in [1.29, 1.82) is 0 Å². The Morgan fingerprint density at radius 2 is 2.46 bits per heavy atom. The molecule has 2 N–H and O–H groups in total. The Balaban J connectivity index is 2.02. The van der Waals surface area contributed by atoms with Crippen molar-refractivity contribution < 1.29 is 9.52 Å². The van der Waals surface area contributed by atoms with Crippen LogP contribution >= 0.6 is 0 Å². The minimum absolute atomic E-state index is 0.225. The molecular weight excluding hydrogens is 166 g/mol. The summed E-state index contributed by atoms with van der Waals surface area (Å²) in [5.41, 5.74) is 0. The van der Waals surface area contributed by atoms with E-state index in [-0.39, 0.29) is 6.10 Å². The molecule has 0 fully saturated rings. The number of nitrogens with one attached hydrogen (secondary N) is 1. The van der Waals surface area contributed by atoms with Crippen LogP contribution in [0.1, 0.15) is 19.1 Å². The third-order valence-corrected chi connectivity index (χ3v) is 1.98. The Hall–Kier alpha value is -0.800. The van der Waals surface area contributed by atoms with Crippen LogP contribution in [0.15, 0.2) is 22.8 Å². The maximum atomic E-state index is 9.23. The van der Waals surface area contributed by atoms with E-state index in [4.69, 9.17) is 4.42 Å². The van der Waals surface area contributed by atoms with Crippen LogP contribution in [0.5, 0.6) is 0 Å². The Kier molecular flexibility index (Phi) is 4.57. The predicted octanol–water partition coefficient (Wildman–Crippen LogP) is 1.18.